The van der Waals surface area contributed by atoms with Gasteiger partial charge in [-0.15, -0.1) is 0 Å². The molecule has 0 radical (unpaired) electrons. The third-order valence-corrected chi connectivity index (χ3v) is 1.93. The van der Waals surface area contributed by atoms with Crippen molar-refractivity contribution in [2.24, 2.45) is 5.92 Å². The van der Waals surface area contributed by atoms with E-state index in [-0.39, 0.29) is 11.7 Å². The van der Waals surface area contributed by atoms with Crippen LogP contribution in [0.3, 0.4) is 0 Å². The molecule has 0 aliphatic carbocycles. The Bertz CT molecular complexity index is 287. The summed E-state index contributed by atoms with van der Waals surface area (Å²) in [6, 6.07) is 7.71. The van der Waals surface area contributed by atoms with E-state index in [0.29, 0.717) is 0 Å². The molecule has 0 aliphatic heterocycles. The van der Waals surface area contributed by atoms with Gasteiger partial charge in [-0.05, 0) is 12.5 Å². The zero-order valence-corrected chi connectivity index (χ0v) is 7.79. The Balaban J connectivity index is 3.03. The molecule has 12 heavy (non-hydrogen) atoms. The Hall–Kier alpha value is -1.11. The van der Waals surface area contributed by atoms with Crippen molar-refractivity contribution in [1.82, 2.24) is 0 Å². The number of ketones is 1. The van der Waals surface area contributed by atoms with E-state index in [1.54, 1.807) is 0 Å². The van der Waals surface area contributed by atoms with E-state index >= 15 is 0 Å². The Kier molecular flexibility index (Phi) is 2.64. The highest BCUT2D eigenvalue weighted by atomic mass is 16.1. The lowest BCUT2D eigenvalue weighted by Crippen LogP contribution is -2.08. The summed E-state index contributed by atoms with van der Waals surface area (Å²) >= 11 is 0. The summed E-state index contributed by atoms with van der Waals surface area (Å²) in [5, 5.41) is 0. The van der Waals surface area contributed by atoms with Crippen molar-refractivity contribution in [3.63, 3.8) is 0 Å². The lowest BCUT2D eigenvalue weighted by molar-refractivity contribution is 0.0939. The highest BCUT2D eigenvalue weighted by Gasteiger charge is 2.11. The number of carbonyl (C=O) groups is 1. The second-order valence-electron chi connectivity index (χ2n) is 3.33. The second-order valence-corrected chi connectivity index (χ2v) is 3.33. The molecule has 0 unspecified atom stereocenters. The summed E-state index contributed by atoms with van der Waals surface area (Å²) in [5.74, 6) is 0.319. The number of Topliss-reactive ketones (excluding diaryl/α,β-unsaturated/α-hetero) is 1. The van der Waals surface area contributed by atoms with Gasteiger partial charge in [0.05, 0.1) is 0 Å². The molecule has 0 amide bonds. The van der Waals surface area contributed by atoms with Crippen LogP contribution in [0.4, 0.5) is 0 Å². The maximum atomic E-state index is 11.6. The Morgan fingerprint density at radius 2 is 1.83 bits per heavy atom. The maximum Gasteiger partial charge on any atom is 0.165 e. The van der Waals surface area contributed by atoms with E-state index in [9.17, 15) is 4.79 Å². The van der Waals surface area contributed by atoms with Crippen molar-refractivity contribution < 1.29 is 4.79 Å². The molecule has 1 aromatic rings. The summed E-state index contributed by atoms with van der Waals surface area (Å²) in [7, 11) is 0. The van der Waals surface area contributed by atoms with Crippen molar-refractivity contribution in [1.29, 1.82) is 0 Å². The second kappa shape index (κ2) is 3.53. The molecule has 64 valence electrons. The molecule has 0 N–H and O–H groups in total. The molecule has 0 aromatic heterocycles. The van der Waals surface area contributed by atoms with Crippen LogP contribution in [0.1, 0.15) is 29.8 Å². The first-order valence-electron chi connectivity index (χ1n) is 4.22. The van der Waals surface area contributed by atoms with Gasteiger partial charge in [-0.2, -0.15) is 0 Å². The normalized spacial score (nSPS) is 10.3. The average molecular weight is 162 g/mol. The van der Waals surface area contributed by atoms with Crippen molar-refractivity contribution in [3.8, 4) is 0 Å². The average Bonchev–Trinajstić information content (AvgIpc) is 2.04. The SMILES string of the molecule is Cc1ccccc1C(=O)C(C)C. The van der Waals surface area contributed by atoms with Crippen LogP contribution in [0.25, 0.3) is 0 Å². The Morgan fingerprint density at radius 3 is 2.33 bits per heavy atom. The van der Waals surface area contributed by atoms with Crippen molar-refractivity contribution in [2.75, 3.05) is 0 Å². The molecular formula is C11H14O. The Morgan fingerprint density at radius 1 is 1.25 bits per heavy atom. The van der Waals surface area contributed by atoms with Crippen LogP contribution in [0.2, 0.25) is 0 Å². The fourth-order valence-corrected chi connectivity index (χ4v) is 1.16. The van der Waals surface area contributed by atoms with Crippen LogP contribution in [-0.2, 0) is 0 Å². The molecule has 0 aliphatic rings. The Labute approximate surface area is 73.4 Å². The fourth-order valence-electron chi connectivity index (χ4n) is 1.16. The van der Waals surface area contributed by atoms with Gasteiger partial charge >= 0.3 is 0 Å². The van der Waals surface area contributed by atoms with Crippen LogP contribution in [0, 0.1) is 12.8 Å². The number of benzene rings is 1. The number of hydrogen-bond acceptors (Lipinski definition) is 1. The molecule has 0 saturated carbocycles. The van der Waals surface area contributed by atoms with Gasteiger partial charge < -0.3 is 0 Å². The number of carbonyl (C=O) groups excluding carboxylic acids is 1. The summed E-state index contributed by atoms with van der Waals surface area (Å²) in [6.07, 6.45) is 0. The highest BCUT2D eigenvalue weighted by Crippen LogP contribution is 2.12. The first kappa shape index (κ1) is 8.98. The molecule has 0 fully saturated rings. The molecule has 0 saturated heterocycles. The molecule has 0 spiro atoms. The van der Waals surface area contributed by atoms with Crippen molar-refractivity contribution in [2.45, 2.75) is 20.8 Å². The fraction of sp³-hybridized carbons (Fsp3) is 0.364. The molecule has 1 rings (SSSR count). The van der Waals surface area contributed by atoms with Gasteiger partial charge in [0.15, 0.2) is 5.78 Å². The lowest BCUT2D eigenvalue weighted by Gasteiger charge is -2.06. The minimum absolute atomic E-state index is 0.0890. The molecule has 0 bridgehead atoms. The standard InChI is InChI=1S/C11H14O/c1-8(2)11(12)10-7-5-4-6-9(10)3/h4-8H,1-3H3. The van der Waals surface area contributed by atoms with E-state index in [1.807, 2.05) is 45.0 Å². The van der Waals surface area contributed by atoms with Gasteiger partial charge in [0.1, 0.15) is 0 Å². The first-order chi connectivity index (χ1) is 5.63. The van der Waals surface area contributed by atoms with Crippen LogP contribution in [0.15, 0.2) is 24.3 Å². The predicted molar refractivity (Wildman–Crippen MR) is 50.3 cm³/mol. The molecule has 1 aromatic carbocycles. The minimum Gasteiger partial charge on any atom is -0.294 e. The van der Waals surface area contributed by atoms with Crippen LogP contribution >= 0.6 is 0 Å². The third-order valence-electron chi connectivity index (χ3n) is 1.93. The number of rotatable bonds is 2. The van der Waals surface area contributed by atoms with E-state index in [4.69, 9.17) is 0 Å². The maximum absolute atomic E-state index is 11.6. The largest absolute Gasteiger partial charge is 0.294 e. The number of hydrogen-bond donors (Lipinski definition) is 0. The molecule has 1 nitrogen and oxygen atoms in total. The van der Waals surface area contributed by atoms with Gasteiger partial charge in [0.2, 0.25) is 0 Å². The summed E-state index contributed by atoms with van der Waals surface area (Å²) in [4.78, 5) is 11.6. The van der Waals surface area contributed by atoms with Gasteiger partial charge in [0.25, 0.3) is 0 Å². The van der Waals surface area contributed by atoms with Crippen LogP contribution in [0.5, 0.6) is 0 Å². The predicted octanol–water partition coefficient (Wildman–Crippen LogP) is 2.83. The zero-order valence-electron chi connectivity index (χ0n) is 7.79. The first-order valence-corrected chi connectivity index (χ1v) is 4.22. The number of aryl methyl sites for hydroxylation is 1. The summed E-state index contributed by atoms with van der Waals surface area (Å²) in [5.41, 5.74) is 1.92. The zero-order chi connectivity index (χ0) is 9.14. The smallest absolute Gasteiger partial charge is 0.165 e. The lowest BCUT2D eigenvalue weighted by atomic mass is 9.97. The molecule has 1 heteroatoms. The van der Waals surface area contributed by atoms with Crippen LogP contribution in [-0.4, -0.2) is 5.78 Å². The van der Waals surface area contributed by atoms with E-state index in [1.165, 1.54) is 0 Å². The summed E-state index contributed by atoms with van der Waals surface area (Å²) < 4.78 is 0. The van der Waals surface area contributed by atoms with E-state index in [0.717, 1.165) is 11.1 Å². The minimum atomic E-state index is 0.0890. The third kappa shape index (κ3) is 1.73. The molecule has 0 heterocycles. The molecule has 0 atom stereocenters. The van der Waals surface area contributed by atoms with Crippen LogP contribution < -0.4 is 0 Å². The highest BCUT2D eigenvalue weighted by molar-refractivity contribution is 5.98. The molecular weight excluding hydrogens is 148 g/mol. The van der Waals surface area contributed by atoms with Gasteiger partial charge in [-0.1, -0.05) is 38.1 Å². The summed E-state index contributed by atoms with van der Waals surface area (Å²) in [6.45, 7) is 5.82. The van der Waals surface area contributed by atoms with Gasteiger partial charge in [0, 0.05) is 11.5 Å². The van der Waals surface area contributed by atoms with Crippen molar-refractivity contribution >= 4 is 5.78 Å². The topological polar surface area (TPSA) is 17.1 Å². The van der Waals surface area contributed by atoms with Crippen molar-refractivity contribution in [3.05, 3.63) is 35.4 Å². The van der Waals surface area contributed by atoms with E-state index in [2.05, 4.69) is 0 Å². The quantitative estimate of drug-likeness (QED) is 0.611. The van der Waals surface area contributed by atoms with Gasteiger partial charge in [-0.25, -0.2) is 0 Å². The monoisotopic (exact) mass is 162 g/mol. The van der Waals surface area contributed by atoms with Gasteiger partial charge in [-0.3, -0.25) is 4.79 Å². The van der Waals surface area contributed by atoms with E-state index < -0.39 is 0 Å².